The van der Waals surface area contributed by atoms with Gasteiger partial charge in [0.15, 0.2) is 0 Å². The van der Waals surface area contributed by atoms with Crippen molar-refractivity contribution in [2.45, 2.75) is 116 Å². The molecule has 2 fully saturated rings. The lowest BCUT2D eigenvalue weighted by atomic mass is 9.87. The van der Waals surface area contributed by atoms with E-state index in [4.69, 9.17) is 14.0 Å². The van der Waals surface area contributed by atoms with E-state index < -0.39 is 10.1 Å². The number of carbonyl (C=O) groups is 2. The first-order valence-corrected chi connectivity index (χ1v) is 16.7. The minimum absolute atomic E-state index is 0.0218. The topological polar surface area (TPSA) is 146 Å². The smallest absolute Gasteiger partial charge is 0.407 e. The Morgan fingerprint density at radius 3 is 2.48 bits per heavy atom. The molecule has 13 heteroatoms. The highest BCUT2D eigenvalue weighted by atomic mass is 32.2. The Kier molecular flexibility index (Phi) is 10.0. The molecule has 234 valence electrons. The third-order valence-corrected chi connectivity index (χ3v) is 8.41. The summed E-state index contributed by atoms with van der Waals surface area (Å²) in [7, 11) is -3.42. The Balaban J connectivity index is 1.33. The molecule has 2 aromatic heterocycles. The monoisotopic (exact) mass is 606 g/mol. The Bertz CT molecular complexity index is 1340. The summed E-state index contributed by atoms with van der Waals surface area (Å²) in [5, 5.41) is 15.2. The second-order valence-electron chi connectivity index (χ2n) is 13.1. The van der Waals surface area contributed by atoms with Gasteiger partial charge in [-0.3, -0.25) is 13.7 Å². The van der Waals surface area contributed by atoms with E-state index >= 15 is 0 Å². The average Bonchev–Trinajstić information content (AvgIpc) is 3.62. The second-order valence-corrected chi connectivity index (χ2v) is 14.7. The summed E-state index contributed by atoms with van der Waals surface area (Å²) >= 11 is 0. The van der Waals surface area contributed by atoms with Crippen molar-refractivity contribution >= 4 is 27.9 Å². The maximum atomic E-state index is 13.1. The number of carbonyl (C=O) groups excluding carboxylic acids is 2. The summed E-state index contributed by atoms with van der Waals surface area (Å²) in [6, 6.07) is 2.19. The molecular formula is C29H46N6O6S. The lowest BCUT2D eigenvalue weighted by Gasteiger charge is -2.28. The van der Waals surface area contributed by atoms with Gasteiger partial charge in [0.05, 0.1) is 42.8 Å². The fourth-order valence-electron chi connectivity index (χ4n) is 5.77. The summed E-state index contributed by atoms with van der Waals surface area (Å²) in [5.74, 6) is 0.867. The lowest BCUT2D eigenvalue weighted by molar-refractivity contribution is -0.115. The van der Waals surface area contributed by atoms with E-state index in [1.807, 2.05) is 56.2 Å². The van der Waals surface area contributed by atoms with Crippen molar-refractivity contribution < 1.29 is 26.9 Å². The Morgan fingerprint density at radius 1 is 1.12 bits per heavy atom. The first-order chi connectivity index (χ1) is 19.7. The van der Waals surface area contributed by atoms with Gasteiger partial charge in [0.25, 0.3) is 10.1 Å². The minimum Gasteiger partial charge on any atom is -0.446 e. The quantitative estimate of drug-likeness (QED) is 0.376. The van der Waals surface area contributed by atoms with Crippen molar-refractivity contribution in [3.8, 4) is 0 Å². The van der Waals surface area contributed by atoms with Gasteiger partial charge in [0, 0.05) is 24.2 Å². The maximum absolute atomic E-state index is 13.1. The molecule has 0 aliphatic heterocycles. The van der Waals surface area contributed by atoms with Gasteiger partial charge in [-0.1, -0.05) is 0 Å². The first kappa shape index (κ1) is 32.0. The Hall–Kier alpha value is -2.93. The average molecular weight is 607 g/mol. The van der Waals surface area contributed by atoms with Crippen molar-refractivity contribution in [1.29, 1.82) is 0 Å². The number of rotatable bonds is 10. The molecule has 0 aromatic carbocycles. The van der Waals surface area contributed by atoms with Gasteiger partial charge < -0.3 is 15.4 Å². The Morgan fingerprint density at radius 2 is 1.83 bits per heavy atom. The third kappa shape index (κ3) is 9.03. The number of amides is 2. The molecule has 0 bridgehead atoms. The van der Waals surface area contributed by atoms with Gasteiger partial charge in [0.2, 0.25) is 5.91 Å². The van der Waals surface area contributed by atoms with Crippen LogP contribution in [0.1, 0.15) is 103 Å². The van der Waals surface area contributed by atoms with Crippen LogP contribution in [-0.2, 0) is 35.8 Å². The van der Waals surface area contributed by atoms with Gasteiger partial charge in [-0.25, -0.2) is 9.48 Å². The summed E-state index contributed by atoms with van der Waals surface area (Å²) < 4.78 is 36.9. The molecule has 0 radical (unpaired) electrons. The van der Waals surface area contributed by atoms with Gasteiger partial charge >= 0.3 is 6.09 Å². The second kappa shape index (κ2) is 13.2. The lowest BCUT2D eigenvalue weighted by Crippen LogP contribution is -2.33. The number of aromatic nitrogens is 4. The molecule has 0 spiro atoms. The maximum Gasteiger partial charge on any atom is 0.407 e. The van der Waals surface area contributed by atoms with Gasteiger partial charge in [-0.15, -0.1) is 0 Å². The molecular weight excluding hydrogens is 560 g/mol. The number of alkyl carbamates (subject to hydrolysis) is 1. The molecule has 2 saturated carbocycles. The van der Waals surface area contributed by atoms with Gasteiger partial charge in [-0.05, 0) is 91.0 Å². The highest BCUT2D eigenvalue weighted by molar-refractivity contribution is 7.85. The molecule has 2 N–H and O–H groups in total. The van der Waals surface area contributed by atoms with E-state index in [0.717, 1.165) is 56.0 Å². The molecule has 2 atom stereocenters. The van der Waals surface area contributed by atoms with Crippen LogP contribution < -0.4 is 10.6 Å². The van der Waals surface area contributed by atoms with E-state index in [9.17, 15) is 18.0 Å². The number of nitrogens with zero attached hydrogens (tertiary/aromatic N) is 4. The van der Waals surface area contributed by atoms with Crippen LogP contribution in [-0.4, -0.2) is 65.0 Å². The summed E-state index contributed by atoms with van der Waals surface area (Å²) in [4.78, 5) is 25.2. The van der Waals surface area contributed by atoms with Gasteiger partial charge in [-0.2, -0.15) is 18.6 Å². The number of nitrogens with one attached hydrogen (secondary N) is 2. The molecule has 2 aromatic rings. The molecule has 12 nitrogen and oxygen atoms in total. The molecule has 0 unspecified atom stereocenters. The Labute approximate surface area is 249 Å². The minimum atomic E-state index is -3.42. The normalized spacial score (nSPS) is 23.2. The van der Waals surface area contributed by atoms with E-state index in [-0.39, 0.29) is 60.6 Å². The predicted octanol–water partition coefficient (Wildman–Crippen LogP) is 4.49. The van der Waals surface area contributed by atoms with Crippen molar-refractivity contribution in [2.75, 3.05) is 18.2 Å². The molecule has 2 aliphatic rings. The van der Waals surface area contributed by atoms with Crippen LogP contribution in [0, 0.1) is 5.92 Å². The molecule has 4 rings (SSSR count). The fourth-order valence-corrected chi connectivity index (χ4v) is 6.21. The molecule has 2 heterocycles. The van der Waals surface area contributed by atoms with Crippen LogP contribution in [0.25, 0.3) is 0 Å². The number of ether oxygens (including phenoxy) is 1. The van der Waals surface area contributed by atoms with E-state index in [1.165, 1.54) is 0 Å². The van der Waals surface area contributed by atoms with Crippen LogP contribution in [0.2, 0.25) is 0 Å². The number of hydrogen-bond donors (Lipinski definition) is 2. The van der Waals surface area contributed by atoms with E-state index in [2.05, 4.69) is 15.7 Å². The summed E-state index contributed by atoms with van der Waals surface area (Å²) in [6.07, 6.45) is 10.2. The molecule has 2 aliphatic carbocycles. The zero-order valence-corrected chi connectivity index (χ0v) is 26.4. The van der Waals surface area contributed by atoms with Crippen molar-refractivity contribution in [1.82, 2.24) is 24.9 Å². The summed E-state index contributed by atoms with van der Waals surface area (Å²) in [5.41, 5.74) is 1.37. The number of anilines is 1. The van der Waals surface area contributed by atoms with E-state index in [0.29, 0.717) is 12.2 Å². The van der Waals surface area contributed by atoms with Crippen molar-refractivity contribution in [2.24, 2.45) is 5.92 Å². The summed E-state index contributed by atoms with van der Waals surface area (Å²) in [6.45, 7) is 10.2. The fraction of sp³-hybridized carbons (Fsp3) is 0.724. The molecule has 42 heavy (non-hydrogen) atoms. The largest absolute Gasteiger partial charge is 0.446 e. The van der Waals surface area contributed by atoms with Crippen LogP contribution in [0.15, 0.2) is 18.5 Å². The van der Waals surface area contributed by atoms with Crippen LogP contribution in [0.3, 0.4) is 0 Å². The van der Waals surface area contributed by atoms with Crippen molar-refractivity contribution in [3.05, 3.63) is 29.7 Å². The zero-order valence-electron chi connectivity index (χ0n) is 25.6. The third-order valence-electron chi connectivity index (χ3n) is 7.84. The SMILES string of the molecule is CC(C)NC(=O)O[C@@H]1CC[C@H](c2cc(NC(=O)Cc3cnn(C4CCC(COS(C)(=O)=O)CC4)c3)n(C(C)(C)C)n2)C1. The molecule has 2 amide bonds. The van der Waals surface area contributed by atoms with Crippen LogP contribution in [0.4, 0.5) is 10.6 Å². The predicted molar refractivity (Wildman–Crippen MR) is 159 cm³/mol. The van der Waals surface area contributed by atoms with E-state index in [1.54, 1.807) is 6.20 Å². The van der Waals surface area contributed by atoms with Crippen LogP contribution in [0.5, 0.6) is 0 Å². The standard InChI is InChI=1S/C29H46N6O6S/c1-19(2)31-28(37)41-24-12-9-22(14-24)25-15-26(35(33-25)29(3,4)5)32-27(36)13-21-16-30-34(17-21)23-10-7-20(8-11-23)18-40-42(6,38)39/h15-17,19-20,22-24H,7-14,18H2,1-6H3,(H,31,37)(H,32,36)/t20?,22-,23?,24+/m0/s1. The zero-order chi connectivity index (χ0) is 30.7. The number of hydrogen-bond acceptors (Lipinski definition) is 8. The highest BCUT2D eigenvalue weighted by Crippen LogP contribution is 2.37. The highest BCUT2D eigenvalue weighted by Gasteiger charge is 2.32. The molecule has 0 saturated heterocycles. The van der Waals surface area contributed by atoms with Crippen LogP contribution >= 0.6 is 0 Å². The van der Waals surface area contributed by atoms with Crippen molar-refractivity contribution in [3.63, 3.8) is 0 Å². The first-order valence-electron chi connectivity index (χ1n) is 14.9. The van der Waals surface area contributed by atoms with Gasteiger partial charge in [0.1, 0.15) is 11.9 Å².